The van der Waals surface area contributed by atoms with Crippen LogP contribution in [0.1, 0.15) is 60.5 Å². The SMILES string of the molecule is O=C(Nc1ccc(C2NNC(=O)C3CCCCC32)cc1)c1ccc(N2CCCC2)cc1. The van der Waals surface area contributed by atoms with Crippen molar-refractivity contribution in [1.29, 1.82) is 0 Å². The van der Waals surface area contributed by atoms with Gasteiger partial charge in [-0.25, -0.2) is 5.43 Å². The van der Waals surface area contributed by atoms with Crippen LogP contribution in [0, 0.1) is 11.8 Å². The summed E-state index contributed by atoms with van der Waals surface area (Å²) in [6.45, 7) is 2.19. The third kappa shape index (κ3) is 4.17. The average molecular weight is 419 g/mol. The summed E-state index contributed by atoms with van der Waals surface area (Å²) in [5.74, 6) is 0.455. The monoisotopic (exact) mass is 418 g/mol. The molecule has 1 aliphatic carbocycles. The van der Waals surface area contributed by atoms with E-state index in [9.17, 15) is 9.59 Å². The number of nitrogens with one attached hydrogen (secondary N) is 3. The molecule has 3 atom stereocenters. The Balaban J connectivity index is 1.24. The number of rotatable bonds is 4. The Morgan fingerprint density at radius 1 is 0.903 bits per heavy atom. The topological polar surface area (TPSA) is 73.5 Å². The third-order valence-electron chi connectivity index (χ3n) is 7.06. The quantitative estimate of drug-likeness (QED) is 0.701. The van der Waals surface area contributed by atoms with Crippen LogP contribution in [-0.2, 0) is 4.79 Å². The first-order chi connectivity index (χ1) is 15.2. The Labute approximate surface area is 183 Å². The van der Waals surface area contributed by atoms with Crippen molar-refractivity contribution in [1.82, 2.24) is 10.9 Å². The molecule has 6 heteroatoms. The van der Waals surface area contributed by atoms with Crippen molar-refractivity contribution in [3.63, 3.8) is 0 Å². The van der Waals surface area contributed by atoms with E-state index in [4.69, 9.17) is 0 Å². The lowest BCUT2D eigenvalue weighted by atomic mass is 9.72. The number of benzene rings is 2. The molecule has 0 bridgehead atoms. The molecule has 6 nitrogen and oxygen atoms in total. The molecule has 0 spiro atoms. The highest BCUT2D eigenvalue weighted by molar-refractivity contribution is 6.04. The molecule has 2 aromatic rings. The molecular weight excluding hydrogens is 388 g/mol. The molecule has 31 heavy (non-hydrogen) atoms. The first kappa shape index (κ1) is 20.1. The van der Waals surface area contributed by atoms with Gasteiger partial charge in [-0.15, -0.1) is 0 Å². The normalized spacial score (nSPS) is 25.6. The molecule has 3 N–H and O–H groups in total. The van der Waals surface area contributed by atoms with E-state index < -0.39 is 0 Å². The highest BCUT2D eigenvalue weighted by atomic mass is 16.2. The van der Waals surface area contributed by atoms with E-state index in [1.807, 2.05) is 48.5 Å². The molecule has 3 unspecified atom stereocenters. The van der Waals surface area contributed by atoms with E-state index in [1.54, 1.807) is 0 Å². The molecule has 0 aromatic heterocycles. The first-order valence-corrected chi connectivity index (χ1v) is 11.5. The summed E-state index contributed by atoms with van der Waals surface area (Å²) in [6, 6.07) is 16.0. The Hall–Kier alpha value is -2.86. The number of amides is 2. The predicted molar refractivity (Wildman–Crippen MR) is 122 cm³/mol. The maximum atomic E-state index is 12.7. The molecule has 162 valence electrons. The smallest absolute Gasteiger partial charge is 0.255 e. The summed E-state index contributed by atoms with van der Waals surface area (Å²) >= 11 is 0. The summed E-state index contributed by atoms with van der Waals surface area (Å²) in [5, 5.41) is 3.00. The van der Waals surface area contributed by atoms with Gasteiger partial charge in [-0.05, 0) is 73.6 Å². The summed E-state index contributed by atoms with van der Waals surface area (Å²) in [7, 11) is 0. The Morgan fingerprint density at radius 2 is 1.61 bits per heavy atom. The number of carbonyl (C=O) groups excluding carboxylic acids is 2. The van der Waals surface area contributed by atoms with Crippen molar-refractivity contribution in [3.8, 4) is 0 Å². The van der Waals surface area contributed by atoms with Crippen LogP contribution < -0.4 is 21.1 Å². The van der Waals surface area contributed by atoms with Gasteiger partial charge in [-0.2, -0.15) is 0 Å². The highest BCUT2D eigenvalue weighted by Crippen LogP contribution is 2.40. The molecule has 2 heterocycles. The number of hydrazine groups is 1. The van der Waals surface area contributed by atoms with E-state index in [0.29, 0.717) is 11.5 Å². The van der Waals surface area contributed by atoms with Crippen LogP contribution in [0.4, 0.5) is 11.4 Å². The van der Waals surface area contributed by atoms with Crippen molar-refractivity contribution in [2.24, 2.45) is 11.8 Å². The van der Waals surface area contributed by atoms with Crippen LogP contribution in [0.15, 0.2) is 48.5 Å². The van der Waals surface area contributed by atoms with Crippen LogP contribution in [0.3, 0.4) is 0 Å². The second-order valence-electron chi connectivity index (χ2n) is 8.98. The number of hydrogen-bond donors (Lipinski definition) is 3. The zero-order valence-corrected chi connectivity index (χ0v) is 17.8. The van der Waals surface area contributed by atoms with Crippen LogP contribution in [0.2, 0.25) is 0 Å². The maximum Gasteiger partial charge on any atom is 0.255 e. The minimum atomic E-state index is -0.101. The van der Waals surface area contributed by atoms with E-state index in [0.717, 1.165) is 43.6 Å². The lowest BCUT2D eigenvalue weighted by molar-refractivity contribution is -0.133. The number of carbonyl (C=O) groups is 2. The molecule has 2 saturated heterocycles. The summed E-state index contributed by atoms with van der Waals surface area (Å²) in [6.07, 6.45) is 6.83. The molecule has 2 aromatic carbocycles. The van der Waals surface area contributed by atoms with Crippen molar-refractivity contribution in [2.45, 2.75) is 44.6 Å². The molecule has 0 radical (unpaired) electrons. The van der Waals surface area contributed by atoms with Gasteiger partial charge in [0.25, 0.3) is 5.91 Å². The third-order valence-corrected chi connectivity index (χ3v) is 7.06. The second-order valence-corrected chi connectivity index (χ2v) is 8.98. The molecule has 2 aliphatic heterocycles. The van der Waals surface area contributed by atoms with Crippen molar-refractivity contribution in [3.05, 3.63) is 59.7 Å². The Kier molecular flexibility index (Phi) is 5.64. The van der Waals surface area contributed by atoms with Crippen LogP contribution in [0.5, 0.6) is 0 Å². The lowest BCUT2D eigenvalue weighted by Crippen LogP contribution is -2.55. The van der Waals surface area contributed by atoms with Crippen LogP contribution in [0.25, 0.3) is 0 Å². The van der Waals surface area contributed by atoms with Gasteiger partial charge in [-0.3, -0.25) is 15.0 Å². The van der Waals surface area contributed by atoms with Gasteiger partial charge in [0.15, 0.2) is 0 Å². The molecule has 1 saturated carbocycles. The number of anilines is 2. The van der Waals surface area contributed by atoms with Gasteiger partial charge in [0.05, 0.1) is 6.04 Å². The average Bonchev–Trinajstić information content (AvgIpc) is 3.35. The van der Waals surface area contributed by atoms with Gasteiger partial charge in [-0.1, -0.05) is 25.0 Å². The van der Waals surface area contributed by atoms with E-state index in [1.165, 1.54) is 24.9 Å². The second kappa shape index (κ2) is 8.71. The summed E-state index contributed by atoms with van der Waals surface area (Å²) < 4.78 is 0. The highest BCUT2D eigenvalue weighted by Gasteiger charge is 2.40. The van der Waals surface area contributed by atoms with Gasteiger partial charge in [0, 0.05) is 35.9 Å². The number of fused-ring (bicyclic) bond motifs is 1. The van der Waals surface area contributed by atoms with Gasteiger partial charge in [0.1, 0.15) is 0 Å². The first-order valence-electron chi connectivity index (χ1n) is 11.5. The van der Waals surface area contributed by atoms with Gasteiger partial charge < -0.3 is 10.2 Å². The zero-order valence-electron chi connectivity index (χ0n) is 17.8. The molecular formula is C25H30N4O2. The fraction of sp³-hybridized carbons (Fsp3) is 0.440. The fourth-order valence-electron chi connectivity index (χ4n) is 5.34. The van der Waals surface area contributed by atoms with E-state index >= 15 is 0 Å². The predicted octanol–water partition coefficient (Wildman–Crippen LogP) is 4.02. The fourth-order valence-corrected chi connectivity index (χ4v) is 5.34. The minimum Gasteiger partial charge on any atom is -0.372 e. The summed E-state index contributed by atoms with van der Waals surface area (Å²) in [5.41, 5.74) is 9.83. The standard InChI is InChI=1S/C25H30N4O2/c30-24(18-9-13-20(14-10-18)29-15-3-4-16-29)26-19-11-7-17(8-12-19)23-21-5-1-2-6-22(21)25(31)28-27-23/h7-14,21-23,27H,1-6,15-16H2,(H,26,30)(H,28,31). The van der Waals surface area contributed by atoms with E-state index in [-0.39, 0.29) is 23.8 Å². The zero-order chi connectivity index (χ0) is 21.2. The molecule has 3 aliphatic rings. The van der Waals surface area contributed by atoms with Gasteiger partial charge in [0.2, 0.25) is 5.91 Å². The lowest BCUT2D eigenvalue weighted by Gasteiger charge is -2.41. The Morgan fingerprint density at radius 3 is 2.35 bits per heavy atom. The molecule has 5 rings (SSSR count). The van der Waals surface area contributed by atoms with Crippen LogP contribution >= 0.6 is 0 Å². The minimum absolute atomic E-state index is 0.0999. The van der Waals surface area contributed by atoms with Crippen molar-refractivity contribution in [2.75, 3.05) is 23.3 Å². The molecule has 3 fully saturated rings. The number of nitrogens with zero attached hydrogens (tertiary/aromatic N) is 1. The van der Waals surface area contributed by atoms with Crippen LogP contribution in [-0.4, -0.2) is 24.9 Å². The maximum absolute atomic E-state index is 12.7. The summed E-state index contributed by atoms with van der Waals surface area (Å²) in [4.78, 5) is 27.2. The largest absolute Gasteiger partial charge is 0.372 e. The Bertz CT molecular complexity index is 935. The van der Waals surface area contributed by atoms with E-state index in [2.05, 4.69) is 21.1 Å². The number of hydrogen-bond acceptors (Lipinski definition) is 4. The molecule has 2 amide bonds. The van der Waals surface area contributed by atoms with Crippen molar-refractivity contribution < 1.29 is 9.59 Å². The van der Waals surface area contributed by atoms with Crippen molar-refractivity contribution >= 4 is 23.2 Å². The van der Waals surface area contributed by atoms with Gasteiger partial charge >= 0.3 is 0 Å².